The molecule has 0 aliphatic heterocycles. The van der Waals surface area contributed by atoms with Crippen LogP contribution in [-0.2, 0) is 0 Å². The van der Waals surface area contributed by atoms with Gasteiger partial charge < -0.3 is 10.1 Å². The number of hydrogen-bond acceptors (Lipinski definition) is 2. The first-order chi connectivity index (χ1) is 9.65. The number of hydrogen-bond donors (Lipinski definition) is 1. The van der Waals surface area contributed by atoms with Crippen molar-refractivity contribution in [1.29, 1.82) is 0 Å². The lowest BCUT2D eigenvalue weighted by Crippen LogP contribution is -2.22. The van der Waals surface area contributed by atoms with Gasteiger partial charge in [-0.25, -0.2) is 0 Å². The molecule has 1 atom stereocenters. The summed E-state index contributed by atoms with van der Waals surface area (Å²) in [6, 6.07) is 14.3. The third kappa shape index (κ3) is 3.33. The Bertz CT molecular complexity index is 566. The molecule has 1 N–H and O–H groups in total. The predicted octanol–water partition coefficient (Wildman–Crippen LogP) is 4.36. The zero-order valence-electron chi connectivity index (χ0n) is 12.1. The van der Waals surface area contributed by atoms with Crippen molar-refractivity contribution < 1.29 is 4.74 Å². The quantitative estimate of drug-likeness (QED) is 0.883. The highest BCUT2D eigenvalue weighted by Crippen LogP contribution is 2.31. The van der Waals surface area contributed by atoms with E-state index < -0.39 is 0 Å². The molecule has 0 aromatic heterocycles. The molecule has 2 nitrogen and oxygen atoms in total. The molecule has 0 aliphatic rings. The van der Waals surface area contributed by atoms with Crippen molar-refractivity contribution in [2.75, 3.05) is 13.7 Å². The van der Waals surface area contributed by atoms with Crippen LogP contribution in [0.15, 0.2) is 42.5 Å². The minimum absolute atomic E-state index is 0.104. The summed E-state index contributed by atoms with van der Waals surface area (Å²) in [6.45, 7) is 5.07. The maximum absolute atomic E-state index is 5.98. The van der Waals surface area contributed by atoms with E-state index in [0.29, 0.717) is 0 Å². The second-order valence-corrected chi connectivity index (χ2v) is 5.22. The van der Waals surface area contributed by atoms with Gasteiger partial charge in [0.2, 0.25) is 0 Å². The smallest absolute Gasteiger partial charge is 0.123 e. The predicted molar refractivity (Wildman–Crippen MR) is 84.7 cm³/mol. The summed E-state index contributed by atoms with van der Waals surface area (Å²) in [7, 11) is 1.71. The topological polar surface area (TPSA) is 21.3 Å². The molecule has 1 unspecified atom stereocenters. The Morgan fingerprint density at radius 1 is 1.15 bits per heavy atom. The number of benzene rings is 2. The first-order valence-corrected chi connectivity index (χ1v) is 7.17. The molecule has 2 aromatic rings. The first kappa shape index (κ1) is 14.9. The second kappa shape index (κ2) is 6.78. The van der Waals surface area contributed by atoms with E-state index >= 15 is 0 Å². The van der Waals surface area contributed by atoms with Crippen molar-refractivity contribution in [3.05, 3.63) is 64.2 Å². The molecule has 3 heteroatoms. The van der Waals surface area contributed by atoms with Crippen LogP contribution in [0.4, 0.5) is 0 Å². The van der Waals surface area contributed by atoms with Crippen LogP contribution >= 0.6 is 11.6 Å². The van der Waals surface area contributed by atoms with Gasteiger partial charge in [-0.15, -0.1) is 0 Å². The summed E-state index contributed by atoms with van der Waals surface area (Å²) >= 11 is 5.98. The van der Waals surface area contributed by atoms with Crippen molar-refractivity contribution in [2.24, 2.45) is 0 Å². The van der Waals surface area contributed by atoms with Gasteiger partial charge in [-0.1, -0.05) is 48.4 Å². The summed E-state index contributed by atoms with van der Waals surface area (Å²) in [5, 5.41) is 4.26. The van der Waals surface area contributed by atoms with Gasteiger partial charge in [0, 0.05) is 10.6 Å². The Kier molecular flexibility index (Phi) is 5.05. The molecule has 0 aliphatic carbocycles. The highest BCUT2D eigenvalue weighted by molar-refractivity contribution is 6.30. The van der Waals surface area contributed by atoms with Crippen molar-refractivity contribution in [3.8, 4) is 5.75 Å². The van der Waals surface area contributed by atoms with Gasteiger partial charge in [-0.05, 0) is 37.2 Å². The Labute approximate surface area is 125 Å². The number of rotatable bonds is 5. The van der Waals surface area contributed by atoms with Gasteiger partial charge in [-0.3, -0.25) is 0 Å². The largest absolute Gasteiger partial charge is 0.496 e. The third-order valence-corrected chi connectivity index (χ3v) is 3.56. The molecule has 0 heterocycles. The minimum atomic E-state index is 0.104. The summed E-state index contributed by atoms with van der Waals surface area (Å²) in [6.07, 6.45) is 0. The van der Waals surface area contributed by atoms with Gasteiger partial charge in [0.15, 0.2) is 0 Å². The fraction of sp³-hybridized carbons (Fsp3) is 0.294. The number of nitrogens with one attached hydrogen (secondary N) is 1. The van der Waals surface area contributed by atoms with E-state index in [0.717, 1.165) is 22.9 Å². The average molecular weight is 290 g/mol. The molecule has 0 fully saturated rings. The Hall–Kier alpha value is -1.51. The highest BCUT2D eigenvalue weighted by Gasteiger charge is 2.17. The van der Waals surface area contributed by atoms with E-state index in [9.17, 15) is 0 Å². The molecular weight excluding hydrogens is 270 g/mol. The van der Waals surface area contributed by atoms with Crippen LogP contribution in [0.3, 0.4) is 0 Å². The average Bonchev–Trinajstić information content (AvgIpc) is 2.46. The fourth-order valence-electron chi connectivity index (χ4n) is 2.35. The highest BCUT2D eigenvalue weighted by atomic mass is 35.5. The van der Waals surface area contributed by atoms with Crippen molar-refractivity contribution in [3.63, 3.8) is 0 Å². The Morgan fingerprint density at radius 2 is 1.85 bits per heavy atom. The SMILES string of the molecule is CCNC(c1ccc(Cl)cc1)c1cc(C)ccc1OC. The van der Waals surface area contributed by atoms with E-state index in [1.165, 1.54) is 11.1 Å². The van der Waals surface area contributed by atoms with Gasteiger partial charge in [-0.2, -0.15) is 0 Å². The second-order valence-electron chi connectivity index (χ2n) is 4.79. The van der Waals surface area contributed by atoms with Gasteiger partial charge in [0.05, 0.1) is 13.2 Å². The van der Waals surface area contributed by atoms with Crippen LogP contribution in [-0.4, -0.2) is 13.7 Å². The van der Waals surface area contributed by atoms with Crippen LogP contribution in [0, 0.1) is 6.92 Å². The molecule has 2 rings (SSSR count). The van der Waals surface area contributed by atoms with Crippen LogP contribution in [0.5, 0.6) is 5.75 Å². The monoisotopic (exact) mass is 289 g/mol. The number of ether oxygens (including phenoxy) is 1. The molecule has 0 spiro atoms. The lowest BCUT2D eigenvalue weighted by molar-refractivity contribution is 0.404. The molecule has 0 amide bonds. The summed E-state index contributed by atoms with van der Waals surface area (Å²) in [5.74, 6) is 0.900. The van der Waals surface area contributed by atoms with Crippen LogP contribution in [0.25, 0.3) is 0 Å². The van der Waals surface area contributed by atoms with Gasteiger partial charge >= 0.3 is 0 Å². The molecule has 0 bridgehead atoms. The Morgan fingerprint density at radius 3 is 2.45 bits per heavy atom. The zero-order valence-corrected chi connectivity index (χ0v) is 12.9. The number of halogens is 1. The zero-order chi connectivity index (χ0) is 14.5. The van der Waals surface area contributed by atoms with Crippen LogP contribution in [0.2, 0.25) is 5.02 Å². The van der Waals surface area contributed by atoms with E-state index in [2.05, 4.69) is 43.4 Å². The van der Waals surface area contributed by atoms with E-state index in [-0.39, 0.29) is 6.04 Å². The normalized spacial score (nSPS) is 12.2. The van der Waals surface area contributed by atoms with Crippen molar-refractivity contribution in [1.82, 2.24) is 5.32 Å². The molecule has 106 valence electrons. The van der Waals surface area contributed by atoms with Crippen LogP contribution in [0.1, 0.15) is 29.7 Å². The summed E-state index contributed by atoms with van der Waals surface area (Å²) in [4.78, 5) is 0. The third-order valence-electron chi connectivity index (χ3n) is 3.31. The molecule has 2 aromatic carbocycles. The number of methoxy groups -OCH3 is 1. The first-order valence-electron chi connectivity index (χ1n) is 6.79. The maximum Gasteiger partial charge on any atom is 0.123 e. The van der Waals surface area contributed by atoms with Gasteiger partial charge in [0.25, 0.3) is 0 Å². The molecule has 0 saturated carbocycles. The summed E-state index contributed by atoms with van der Waals surface area (Å²) < 4.78 is 5.51. The molecule has 20 heavy (non-hydrogen) atoms. The van der Waals surface area contributed by atoms with E-state index in [1.54, 1.807) is 7.11 Å². The minimum Gasteiger partial charge on any atom is -0.496 e. The molecule has 0 saturated heterocycles. The molecular formula is C17H20ClNO. The number of aryl methyl sites for hydroxylation is 1. The lowest BCUT2D eigenvalue weighted by Gasteiger charge is -2.22. The molecule has 0 radical (unpaired) electrons. The van der Waals surface area contributed by atoms with Crippen molar-refractivity contribution >= 4 is 11.6 Å². The lowest BCUT2D eigenvalue weighted by atomic mass is 9.96. The van der Waals surface area contributed by atoms with Crippen LogP contribution < -0.4 is 10.1 Å². The Balaban J connectivity index is 2.47. The standard InChI is InChI=1S/C17H20ClNO/c1-4-19-17(13-6-8-14(18)9-7-13)15-11-12(2)5-10-16(15)20-3/h5-11,17,19H,4H2,1-3H3. The van der Waals surface area contributed by atoms with Gasteiger partial charge in [0.1, 0.15) is 5.75 Å². The van der Waals surface area contributed by atoms with Crippen molar-refractivity contribution in [2.45, 2.75) is 19.9 Å². The van der Waals surface area contributed by atoms with E-state index in [4.69, 9.17) is 16.3 Å². The fourth-order valence-corrected chi connectivity index (χ4v) is 2.47. The van der Waals surface area contributed by atoms with E-state index in [1.807, 2.05) is 18.2 Å². The summed E-state index contributed by atoms with van der Waals surface area (Å²) in [5.41, 5.74) is 3.55. The maximum atomic E-state index is 5.98.